The third-order valence-electron chi connectivity index (χ3n) is 5.60. The third kappa shape index (κ3) is 2.84. The zero-order valence-electron chi connectivity index (χ0n) is 16.3. The number of hydrogen-bond donors (Lipinski definition) is 0. The van der Waals surface area contributed by atoms with Gasteiger partial charge in [-0.25, -0.2) is 9.96 Å². The number of fused-ring (bicyclic) bond motifs is 1. The Morgan fingerprint density at radius 2 is 1.40 bits per heavy atom. The molecular formula is C24H20N2O4. The molecule has 150 valence electrons. The van der Waals surface area contributed by atoms with E-state index < -0.39 is 18.1 Å². The van der Waals surface area contributed by atoms with E-state index in [2.05, 4.69) is 0 Å². The van der Waals surface area contributed by atoms with Crippen molar-refractivity contribution in [1.29, 1.82) is 0 Å². The molecule has 0 saturated carbocycles. The summed E-state index contributed by atoms with van der Waals surface area (Å²) in [5.74, 6) is -0.506. The van der Waals surface area contributed by atoms with E-state index in [0.29, 0.717) is 5.69 Å². The fourth-order valence-electron chi connectivity index (χ4n) is 4.19. The molecule has 0 radical (unpaired) electrons. The maximum absolute atomic E-state index is 13.4. The molecule has 6 nitrogen and oxygen atoms in total. The van der Waals surface area contributed by atoms with Gasteiger partial charge in [-0.05, 0) is 42.0 Å². The number of hydroxylamine groups is 1. The summed E-state index contributed by atoms with van der Waals surface area (Å²) >= 11 is 0. The summed E-state index contributed by atoms with van der Waals surface area (Å²) in [6, 6.07) is 25.6. The molecule has 3 atom stereocenters. The van der Waals surface area contributed by atoms with E-state index in [0.717, 1.165) is 17.0 Å². The van der Waals surface area contributed by atoms with Crippen LogP contribution in [0.5, 0.6) is 5.75 Å². The van der Waals surface area contributed by atoms with Crippen LogP contribution in [0.25, 0.3) is 0 Å². The molecule has 5 rings (SSSR count). The number of amides is 2. The summed E-state index contributed by atoms with van der Waals surface area (Å²) < 4.78 is 5.24. The van der Waals surface area contributed by atoms with Gasteiger partial charge in [-0.1, -0.05) is 48.5 Å². The Labute approximate surface area is 174 Å². The summed E-state index contributed by atoms with van der Waals surface area (Å²) in [7, 11) is 1.61. The van der Waals surface area contributed by atoms with Gasteiger partial charge >= 0.3 is 0 Å². The van der Waals surface area contributed by atoms with E-state index in [1.807, 2.05) is 72.8 Å². The Balaban J connectivity index is 1.56. The molecule has 6 heteroatoms. The summed E-state index contributed by atoms with van der Waals surface area (Å²) in [5.41, 5.74) is 2.23. The first-order valence-corrected chi connectivity index (χ1v) is 9.77. The second kappa shape index (κ2) is 7.31. The molecule has 0 spiro atoms. The predicted octanol–water partition coefficient (Wildman–Crippen LogP) is 3.75. The van der Waals surface area contributed by atoms with Crippen molar-refractivity contribution in [2.45, 2.75) is 12.1 Å². The van der Waals surface area contributed by atoms with Gasteiger partial charge in [0.2, 0.25) is 5.91 Å². The lowest BCUT2D eigenvalue weighted by molar-refractivity contribution is -0.126. The summed E-state index contributed by atoms with van der Waals surface area (Å²) in [6.07, 6.45) is -0.870. The minimum atomic E-state index is -0.870. The predicted molar refractivity (Wildman–Crippen MR) is 112 cm³/mol. The van der Waals surface area contributed by atoms with Crippen LogP contribution >= 0.6 is 0 Å². The quantitative estimate of drug-likeness (QED) is 0.625. The first-order chi connectivity index (χ1) is 14.7. The van der Waals surface area contributed by atoms with Crippen molar-refractivity contribution in [3.63, 3.8) is 0 Å². The standard InChI is InChI=1S/C24H20N2O4/c1-29-19-14-12-18(13-15-19)26-21(16-8-4-2-5-9-16)20-22(30-26)24(28)25(23(20)27)17-10-6-3-7-11-17/h2-15,20-22H,1H3/t20-,21-,22-/m0/s1. The Kier molecular flexibility index (Phi) is 4.48. The molecule has 3 aromatic carbocycles. The van der Waals surface area contributed by atoms with Crippen molar-refractivity contribution < 1.29 is 19.2 Å². The zero-order chi connectivity index (χ0) is 20.7. The van der Waals surface area contributed by atoms with E-state index in [-0.39, 0.29) is 11.8 Å². The number of anilines is 2. The van der Waals surface area contributed by atoms with Crippen molar-refractivity contribution in [2.24, 2.45) is 5.92 Å². The van der Waals surface area contributed by atoms with Crippen molar-refractivity contribution in [3.8, 4) is 5.75 Å². The van der Waals surface area contributed by atoms with Crippen LogP contribution in [0.15, 0.2) is 84.9 Å². The molecule has 0 bridgehead atoms. The number of carbonyl (C=O) groups excluding carboxylic acids is 2. The lowest BCUT2D eigenvalue weighted by Gasteiger charge is -2.28. The van der Waals surface area contributed by atoms with E-state index in [9.17, 15) is 9.59 Å². The molecule has 0 aromatic heterocycles. The van der Waals surface area contributed by atoms with E-state index >= 15 is 0 Å². The molecule has 2 heterocycles. The Morgan fingerprint density at radius 1 is 0.767 bits per heavy atom. The molecule has 2 aliphatic rings. The average molecular weight is 400 g/mol. The number of rotatable bonds is 4. The average Bonchev–Trinajstić information content (AvgIpc) is 3.31. The number of hydrogen-bond acceptors (Lipinski definition) is 5. The minimum Gasteiger partial charge on any atom is -0.497 e. The van der Waals surface area contributed by atoms with Gasteiger partial charge in [-0.2, -0.15) is 0 Å². The smallest absolute Gasteiger partial charge is 0.266 e. The van der Waals surface area contributed by atoms with E-state index in [1.54, 1.807) is 24.3 Å². The summed E-state index contributed by atoms with van der Waals surface area (Å²) in [6.45, 7) is 0. The van der Waals surface area contributed by atoms with Crippen LogP contribution in [0, 0.1) is 5.92 Å². The maximum Gasteiger partial charge on any atom is 0.266 e. The van der Waals surface area contributed by atoms with Gasteiger partial charge in [0.25, 0.3) is 5.91 Å². The zero-order valence-corrected chi connectivity index (χ0v) is 16.3. The van der Waals surface area contributed by atoms with Crippen LogP contribution in [-0.2, 0) is 14.4 Å². The van der Waals surface area contributed by atoms with E-state index in [4.69, 9.17) is 9.57 Å². The first kappa shape index (κ1) is 18.4. The number of nitrogens with zero attached hydrogens (tertiary/aromatic N) is 2. The highest BCUT2D eigenvalue weighted by molar-refractivity contribution is 6.23. The van der Waals surface area contributed by atoms with Crippen LogP contribution in [0.1, 0.15) is 11.6 Å². The monoisotopic (exact) mass is 400 g/mol. The van der Waals surface area contributed by atoms with Crippen LogP contribution in [0.4, 0.5) is 11.4 Å². The Hall–Kier alpha value is -3.64. The normalized spacial score (nSPS) is 23.0. The molecule has 2 aliphatic heterocycles. The number of methoxy groups -OCH3 is 1. The number of ether oxygens (including phenoxy) is 1. The van der Waals surface area contributed by atoms with Crippen molar-refractivity contribution >= 4 is 23.2 Å². The van der Waals surface area contributed by atoms with Gasteiger partial charge in [0, 0.05) is 0 Å². The summed E-state index contributed by atoms with van der Waals surface area (Å²) in [4.78, 5) is 34.0. The van der Waals surface area contributed by atoms with Crippen LogP contribution in [0.2, 0.25) is 0 Å². The molecule has 2 amide bonds. The van der Waals surface area contributed by atoms with Crippen molar-refractivity contribution in [3.05, 3.63) is 90.5 Å². The number of carbonyl (C=O) groups is 2. The Bertz CT molecular complexity index is 1070. The van der Waals surface area contributed by atoms with Crippen LogP contribution in [-0.4, -0.2) is 25.0 Å². The molecule has 0 unspecified atom stereocenters. The fourth-order valence-corrected chi connectivity index (χ4v) is 4.19. The number of imide groups is 1. The fraction of sp³-hybridized carbons (Fsp3) is 0.167. The topological polar surface area (TPSA) is 59.1 Å². The Morgan fingerprint density at radius 3 is 2.03 bits per heavy atom. The molecule has 3 aromatic rings. The summed E-state index contributed by atoms with van der Waals surface area (Å²) in [5, 5.41) is 1.68. The highest BCUT2D eigenvalue weighted by atomic mass is 16.7. The highest BCUT2D eigenvalue weighted by Gasteiger charge is 2.60. The minimum absolute atomic E-state index is 0.249. The van der Waals surface area contributed by atoms with Gasteiger partial charge < -0.3 is 4.74 Å². The van der Waals surface area contributed by atoms with Gasteiger partial charge in [-0.15, -0.1) is 0 Å². The maximum atomic E-state index is 13.4. The molecule has 30 heavy (non-hydrogen) atoms. The van der Waals surface area contributed by atoms with Gasteiger partial charge in [0.15, 0.2) is 6.10 Å². The van der Waals surface area contributed by atoms with Crippen LogP contribution in [0.3, 0.4) is 0 Å². The second-order valence-corrected chi connectivity index (χ2v) is 7.28. The second-order valence-electron chi connectivity index (χ2n) is 7.28. The van der Waals surface area contributed by atoms with Crippen LogP contribution < -0.4 is 14.7 Å². The lowest BCUT2D eigenvalue weighted by Crippen LogP contribution is -2.37. The number of benzene rings is 3. The van der Waals surface area contributed by atoms with Crippen molar-refractivity contribution in [2.75, 3.05) is 17.1 Å². The van der Waals surface area contributed by atoms with Gasteiger partial charge in [-0.3, -0.25) is 14.4 Å². The third-order valence-corrected chi connectivity index (χ3v) is 5.60. The van der Waals surface area contributed by atoms with E-state index in [1.165, 1.54) is 4.90 Å². The largest absolute Gasteiger partial charge is 0.497 e. The van der Waals surface area contributed by atoms with Gasteiger partial charge in [0.1, 0.15) is 11.7 Å². The van der Waals surface area contributed by atoms with Crippen molar-refractivity contribution in [1.82, 2.24) is 0 Å². The molecular weight excluding hydrogens is 380 g/mol. The van der Waals surface area contributed by atoms with Gasteiger partial charge in [0.05, 0.1) is 24.5 Å². The molecule has 2 fully saturated rings. The molecule has 2 saturated heterocycles. The highest BCUT2D eigenvalue weighted by Crippen LogP contribution is 2.47. The molecule has 0 aliphatic carbocycles. The SMILES string of the molecule is COc1ccc(N2O[C@@H]3C(=O)N(c4ccccc4)C(=O)[C@H]3[C@@H]2c2ccccc2)cc1. The first-order valence-electron chi connectivity index (χ1n) is 9.77. The molecule has 0 N–H and O–H groups in total. The lowest BCUT2D eigenvalue weighted by atomic mass is 9.90. The number of para-hydroxylation sites is 1.